The summed E-state index contributed by atoms with van der Waals surface area (Å²) in [5.74, 6) is 1.57. The smallest absolute Gasteiger partial charge is 0.338 e. The molecular formula is C52H76O13. The van der Waals surface area contributed by atoms with Crippen LogP contribution in [-0.2, 0) is 42.7 Å². The lowest BCUT2D eigenvalue weighted by atomic mass is 9.32. The van der Waals surface area contributed by atoms with Gasteiger partial charge in [-0.15, -0.1) is 0 Å². The van der Waals surface area contributed by atoms with Crippen molar-refractivity contribution in [2.24, 2.45) is 56.7 Å². The van der Waals surface area contributed by atoms with Crippen LogP contribution in [0.5, 0.6) is 5.75 Å². The second-order valence-electron chi connectivity index (χ2n) is 22.7. The van der Waals surface area contributed by atoms with Gasteiger partial charge >= 0.3 is 17.9 Å². The fourth-order valence-electron chi connectivity index (χ4n) is 15.6. The summed E-state index contributed by atoms with van der Waals surface area (Å²) >= 11 is 0. The third-order valence-corrected chi connectivity index (χ3v) is 19.0. The van der Waals surface area contributed by atoms with Gasteiger partial charge in [0, 0.05) is 13.8 Å². The average molecular weight is 909 g/mol. The van der Waals surface area contributed by atoms with Crippen molar-refractivity contribution in [1.82, 2.24) is 0 Å². The number of esters is 3. The van der Waals surface area contributed by atoms with E-state index in [1.807, 2.05) is 0 Å². The number of carbonyl (C=O) groups is 3. The average Bonchev–Trinajstić information content (AvgIpc) is 3.61. The van der Waals surface area contributed by atoms with Gasteiger partial charge in [0.15, 0.2) is 30.9 Å². The maximum Gasteiger partial charge on any atom is 0.338 e. The summed E-state index contributed by atoms with van der Waals surface area (Å²) < 4.78 is 47.6. The SMILES string of the molecule is C=C(C)[C@@H]1CC[C@]2(C)CC[C@]3(C)[C@H](CC[C@@H]4[C@@]5(C)CC[C@H](O[C@@H]6OC[C@H](O[C@@H]7OC[C@@H](OC(=O)c8ccc(OC)cc8)[C@H](O)[C@H]7O)[C@H](OC(C)=O)[C@H]6OC(C)=O)C(C)(C)[C@@H]5CC[C@]43C)[C@@H]12. The summed E-state index contributed by atoms with van der Waals surface area (Å²) in [5, 5.41) is 22.2. The van der Waals surface area contributed by atoms with Crippen LogP contribution in [0.2, 0.25) is 0 Å². The van der Waals surface area contributed by atoms with Crippen LogP contribution in [0.3, 0.4) is 0 Å². The molecule has 7 aliphatic rings. The minimum atomic E-state index is -1.67. The number of aliphatic hydroxyl groups excluding tert-OH is 2. The monoisotopic (exact) mass is 909 g/mol. The van der Waals surface area contributed by atoms with E-state index in [2.05, 4.69) is 55.0 Å². The van der Waals surface area contributed by atoms with Gasteiger partial charge in [-0.3, -0.25) is 9.59 Å². The fraction of sp³-hybridized carbons (Fsp3) is 0.788. The Morgan fingerprint density at radius 1 is 0.677 bits per heavy atom. The molecule has 18 atom stereocenters. The van der Waals surface area contributed by atoms with Gasteiger partial charge in [0.1, 0.15) is 24.1 Å². The first-order valence-corrected chi connectivity index (χ1v) is 24.3. The van der Waals surface area contributed by atoms with E-state index in [1.54, 1.807) is 12.1 Å². The molecule has 8 rings (SSSR count). The number of allylic oxidation sites excluding steroid dienone is 1. The summed E-state index contributed by atoms with van der Waals surface area (Å²) in [7, 11) is 1.51. The lowest BCUT2D eigenvalue weighted by Crippen LogP contribution is -2.67. The van der Waals surface area contributed by atoms with E-state index in [-0.39, 0.29) is 46.5 Å². The van der Waals surface area contributed by atoms with Crippen molar-refractivity contribution in [1.29, 1.82) is 0 Å². The zero-order chi connectivity index (χ0) is 47.0. The highest BCUT2D eigenvalue weighted by atomic mass is 16.8. The summed E-state index contributed by atoms with van der Waals surface area (Å²) in [6.45, 7) is 24.0. The zero-order valence-electron chi connectivity index (χ0n) is 40.5. The number of hydrogen-bond acceptors (Lipinski definition) is 13. The largest absolute Gasteiger partial charge is 0.497 e. The Hall–Kier alpha value is -3.07. The molecule has 7 fully saturated rings. The van der Waals surface area contributed by atoms with Crippen LogP contribution in [0.15, 0.2) is 36.4 Å². The quantitative estimate of drug-likeness (QED) is 0.101. The Balaban J connectivity index is 0.957. The topological polar surface area (TPSA) is 166 Å². The highest BCUT2D eigenvalue weighted by Crippen LogP contribution is 2.77. The first-order chi connectivity index (χ1) is 30.6. The number of fused-ring (bicyclic) bond motifs is 7. The van der Waals surface area contributed by atoms with Crippen LogP contribution in [-0.4, -0.2) is 104 Å². The number of methoxy groups -OCH3 is 1. The van der Waals surface area contributed by atoms with Gasteiger partial charge in [-0.2, -0.15) is 0 Å². The lowest BCUT2D eigenvalue weighted by Gasteiger charge is -2.73. The van der Waals surface area contributed by atoms with Crippen LogP contribution in [0.1, 0.15) is 137 Å². The molecule has 2 N–H and O–H groups in total. The Bertz CT molecular complexity index is 1950. The predicted octanol–water partition coefficient (Wildman–Crippen LogP) is 7.97. The minimum absolute atomic E-state index is 0.106. The number of rotatable bonds is 10. The van der Waals surface area contributed by atoms with Crippen molar-refractivity contribution >= 4 is 17.9 Å². The van der Waals surface area contributed by atoms with E-state index in [0.717, 1.165) is 19.3 Å². The number of aliphatic hydroxyl groups is 2. The molecule has 362 valence electrons. The molecule has 2 aliphatic heterocycles. The molecule has 0 spiro atoms. The Labute approximate surface area is 385 Å². The van der Waals surface area contributed by atoms with Crippen LogP contribution in [0, 0.1) is 56.7 Å². The van der Waals surface area contributed by atoms with Crippen molar-refractivity contribution in [2.75, 3.05) is 20.3 Å². The molecule has 65 heavy (non-hydrogen) atoms. The maximum atomic E-state index is 12.9. The van der Waals surface area contributed by atoms with Crippen molar-refractivity contribution in [3.8, 4) is 5.75 Å². The zero-order valence-corrected chi connectivity index (χ0v) is 40.5. The highest BCUT2D eigenvalue weighted by Gasteiger charge is 2.70. The molecule has 0 bridgehead atoms. The van der Waals surface area contributed by atoms with E-state index >= 15 is 0 Å². The molecule has 13 nitrogen and oxygen atoms in total. The molecule has 5 saturated carbocycles. The van der Waals surface area contributed by atoms with Gasteiger partial charge in [0.2, 0.25) is 0 Å². The summed E-state index contributed by atoms with van der Waals surface area (Å²) in [6, 6.07) is 6.26. The third kappa shape index (κ3) is 8.27. The second-order valence-corrected chi connectivity index (χ2v) is 22.7. The molecule has 2 heterocycles. The fourth-order valence-corrected chi connectivity index (χ4v) is 15.6. The third-order valence-electron chi connectivity index (χ3n) is 19.0. The van der Waals surface area contributed by atoms with E-state index in [0.29, 0.717) is 40.8 Å². The van der Waals surface area contributed by atoms with Crippen LogP contribution < -0.4 is 4.74 Å². The van der Waals surface area contributed by atoms with Crippen molar-refractivity contribution < 1.29 is 62.5 Å². The van der Waals surface area contributed by atoms with Gasteiger partial charge in [-0.05, 0) is 152 Å². The van der Waals surface area contributed by atoms with Crippen molar-refractivity contribution in [3.63, 3.8) is 0 Å². The van der Waals surface area contributed by atoms with Gasteiger partial charge in [-0.25, -0.2) is 4.79 Å². The normalized spacial score (nSPS) is 45.4. The summed E-state index contributed by atoms with van der Waals surface area (Å²) in [6.07, 6.45) is 1.07. The highest BCUT2D eigenvalue weighted by molar-refractivity contribution is 5.89. The van der Waals surface area contributed by atoms with Crippen LogP contribution >= 0.6 is 0 Å². The molecule has 1 aromatic rings. The summed E-state index contributed by atoms with van der Waals surface area (Å²) in [4.78, 5) is 38.3. The standard InChI is InChI=1S/C52H76O13/c1-28(2)33-18-21-49(7)24-25-51(9)34(40(33)49)16-17-38-50(8)22-20-39(48(5,6)37(50)19-23-52(38,51)10)65-47-44(62-30(4)54)43(61-29(3)53)36(27-60-47)64-46-42(56)41(55)35(26-59-46)63-45(57)31-12-14-32(58-11)15-13-31/h12-15,33-44,46-47,55-56H,1,16-27H2,2-11H3/t33-,34+,35+,36-,37-,38+,39-,40+,41-,42+,43-,44+,46-,47-,49+,50-,51+,52+/m0/s1. The van der Waals surface area contributed by atoms with Gasteiger partial charge < -0.3 is 48.1 Å². The first kappa shape index (κ1) is 48.4. The molecule has 13 heteroatoms. The molecule has 1 aromatic carbocycles. The molecule has 0 radical (unpaired) electrons. The number of hydrogen-bond donors (Lipinski definition) is 2. The Morgan fingerprint density at radius 3 is 2.00 bits per heavy atom. The van der Waals surface area contributed by atoms with Gasteiger partial charge in [0.05, 0.1) is 32.0 Å². The van der Waals surface area contributed by atoms with Gasteiger partial charge in [-0.1, -0.05) is 53.7 Å². The lowest BCUT2D eigenvalue weighted by molar-refractivity contribution is -0.343. The molecule has 0 aromatic heterocycles. The van der Waals surface area contributed by atoms with Crippen molar-refractivity contribution in [3.05, 3.63) is 42.0 Å². The molecule has 5 aliphatic carbocycles. The predicted molar refractivity (Wildman–Crippen MR) is 239 cm³/mol. The second kappa shape index (κ2) is 17.8. The van der Waals surface area contributed by atoms with E-state index in [9.17, 15) is 24.6 Å². The molecule has 0 unspecified atom stereocenters. The minimum Gasteiger partial charge on any atom is -0.497 e. The summed E-state index contributed by atoms with van der Waals surface area (Å²) in [5.41, 5.74) is 2.34. The molecule has 0 amide bonds. The number of carbonyl (C=O) groups excluding carboxylic acids is 3. The van der Waals surface area contributed by atoms with E-state index in [1.165, 1.54) is 83.6 Å². The Kier molecular flexibility index (Phi) is 13.2. The van der Waals surface area contributed by atoms with E-state index < -0.39 is 67.1 Å². The number of ether oxygens (including phenoxy) is 8. The van der Waals surface area contributed by atoms with Crippen LogP contribution in [0.4, 0.5) is 0 Å². The van der Waals surface area contributed by atoms with Gasteiger partial charge in [0.25, 0.3) is 0 Å². The van der Waals surface area contributed by atoms with Crippen LogP contribution in [0.25, 0.3) is 0 Å². The Morgan fingerprint density at radius 2 is 1.34 bits per heavy atom. The van der Waals surface area contributed by atoms with E-state index in [4.69, 9.17) is 37.9 Å². The van der Waals surface area contributed by atoms with Crippen molar-refractivity contribution in [2.45, 2.75) is 182 Å². The maximum absolute atomic E-state index is 12.9. The molecular weight excluding hydrogens is 833 g/mol. The number of benzene rings is 1. The first-order valence-electron chi connectivity index (χ1n) is 24.3. The molecule has 2 saturated heterocycles.